The molecule has 0 aromatic carbocycles. The number of likely N-dealkylation sites (tertiary alicyclic amines) is 1. The second-order valence-electron chi connectivity index (χ2n) is 5.75. The summed E-state index contributed by atoms with van der Waals surface area (Å²) in [6, 6.07) is 1.60. The van der Waals surface area contributed by atoms with E-state index in [1.54, 1.807) is 0 Å². The molecular formula is C14H29N3. The maximum Gasteiger partial charge on any atom is 0.0109 e. The number of nitrogens with one attached hydrogen (secondary N) is 1. The molecule has 0 spiro atoms. The van der Waals surface area contributed by atoms with Crippen molar-refractivity contribution in [1.82, 2.24) is 15.1 Å². The Kier molecular flexibility index (Phi) is 5.26. The van der Waals surface area contributed by atoms with Crippen molar-refractivity contribution < 1.29 is 0 Å². The summed E-state index contributed by atoms with van der Waals surface area (Å²) in [6.45, 7) is 8.53. The fourth-order valence-electron chi connectivity index (χ4n) is 3.32. The third-order valence-electron chi connectivity index (χ3n) is 4.49. The Morgan fingerprint density at radius 3 is 2.71 bits per heavy atom. The average Bonchev–Trinajstić information content (AvgIpc) is 2.97. The van der Waals surface area contributed by atoms with Crippen molar-refractivity contribution in [3.63, 3.8) is 0 Å². The van der Waals surface area contributed by atoms with Crippen LogP contribution < -0.4 is 5.32 Å². The summed E-state index contributed by atoms with van der Waals surface area (Å²) >= 11 is 0. The molecule has 0 bridgehead atoms. The van der Waals surface area contributed by atoms with Gasteiger partial charge in [0.2, 0.25) is 0 Å². The van der Waals surface area contributed by atoms with E-state index in [0.717, 1.165) is 18.6 Å². The molecule has 1 N–H and O–H groups in total. The second kappa shape index (κ2) is 6.72. The fraction of sp³-hybridized carbons (Fsp3) is 1.00. The Morgan fingerprint density at radius 2 is 2.00 bits per heavy atom. The molecule has 100 valence electrons. The predicted octanol–water partition coefficient (Wildman–Crippen LogP) is 1.54. The molecule has 2 rings (SSSR count). The van der Waals surface area contributed by atoms with Gasteiger partial charge >= 0.3 is 0 Å². The average molecular weight is 239 g/mol. The van der Waals surface area contributed by atoms with Crippen molar-refractivity contribution in [2.45, 2.75) is 51.1 Å². The van der Waals surface area contributed by atoms with Crippen LogP contribution >= 0.6 is 0 Å². The third-order valence-corrected chi connectivity index (χ3v) is 4.49. The fourth-order valence-corrected chi connectivity index (χ4v) is 3.32. The predicted molar refractivity (Wildman–Crippen MR) is 73.4 cm³/mol. The summed E-state index contributed by atoms with van der Waals surface area (Å²) in [6.07, 6.45) is 6.93. The van der Waals surface area contributed by atoms with E-state index in [9.17, 15) is 0 Å². The lowest BCUT2D eigenvalue weighted by atomic mass is 10.2. The molecule has 1 aliphatic carbocycles. The Bertz CT molecular complexity index is 214. The van der Waals surface area contributed by atoms with Gasteiger partial charge in [0, 0.05) is 25.2 Å². The summed E-state index contributed by atoms with van der Waals surface area (Å²) in [5.41, 5.74) is 0. The van der Waals surface area contributed by atoms with Crippen LogP contribution in [-0.4, -0.2) is 61.7 Å². The molecule has 0 aromatic rings. The minimum absolute atomic E-state index is 0.777. The standard InChI is InChI=1S/C14H29N3/c1-3-15-13-6-7-14(12-13)16(2)10-11-17-8-4-5-9-17/h13-15H,3-12H2,1-2H3. The molecule has 2 atom stereocenters. The van der Waals surface area contributed by atoms with E-state index in [1.807, 2.05) is 0 Å². The molecule has 17 heavy (non-hydrogen) atoms. The highest BCUT2D eigenvalue weighted by atomic mass is 15.2. The van der Waals surface area contributed by atoms with Gasteiger partial charge in [-0.15, -0.1) is 0 Å². The van der Waals surface area contributed by atoms with E-state index in [0.29, 0.717) is 0 Å². The minimum Gasteiger partial charge on any atom is -0.314 e. The van der Waals surface area contributed by atoms with Crippen molar-refractivity contribution in [3.05, 3.63) is 0 Å². The van der Waals surface area contributed by atoms with Gasteiger partial charge < -0.3 is 15.1 Å². The van der Waals surface area contributed by atoms with Crippen molar-refractivity contribution in [2.75, 3.05) is 39.8 Å². The van der Waals surface area contributed by atoms with Crippen LogP contribution in [0.4, 0.5) is 0 Å². The summed E-state index contributed by atoms with van der Waals surface area (Å²) in [7, 11) is 2.31. The molecule has 2 aliphatic rings. The quantitative estimate of drug-likeness (QED) is 0.758. The number of rotatable bonds is 6. The van der Waals surface area contributed by atoms with E-state index < -0.39 is 0 Å². The minimum atomic E-state index is 0.777. The van der Waals surface area contributed by atoms with Crippen molar-refractivity contribution >= 4 is 0 Å². The molecule has 0 radical (unpaired) electrons. The zero-order valence-corrected chi connectivity index (χ0v) is 11.6. The van der Waals surface area contributed by atoms with Crippen LogP contribution in [0.25, 0.3) is 0 Å². The number of hydrogen-bond acceptors (Lipinski definition) is 3. The number of likely N-dealkylation sites (N-methyl/N-ethyl adjacent to an activating group) is 1. The van der Waals surface area contributed by atoms with Crippen LogP contribution in [0.1, 0.15) is 39.0 Å². The van der Waals surface area contributed by atoms with Crippen LogP contribution in [0.5, 0.6) is 0 Å². The molecule has 1 saturated carbocycles. The first-order valence-electron chi connectivity index (χ1n) is 7.45. The molecule has 1 saturated heterocycles. The van der Waals surface area contributed by atoms with Gasteiger partial charge in [0.1, 0.15) is 0 Å². The normalized spacial score (nSPS) is 30.5. The summed E-state index contributed by atoms with van der Waals surface area (Å²) in [5.74, 6) is 0. The first kappa shape index (κ1) is 13.3. The zero-order valence-electron chi connectivity index (χ0n) is 11.6. The Morgan fingerprint density at radius 1 is 1.24 bits per heavy atom. The highest BCUT2D eigenvalue weighted by Crippen LogP contribution is 2.23. The highest BCUT2D eigenvalue weighted by Gasteiger charge is 2.26. The molecule has 1 aliphatic heterocycles. The lowest BCUT2D eigenvalue weighted by Crippen LogP contribution is -2.37. The molecule has 0 amide bonds. The summed E-state index contributed by atoms with van der Waals surface area (Å²) < 4.78 is 0. The molecule has 0 aromatic heterocycles. The molecule has 2 unspecified atom stereocenters. The number of nitrogens with zero attached hydrogens (tertiary/aromatic N) is 2. The van der Waals surface area contributed by atoms with Gasteiger partial charge in [0.25, 0.3) is 0 Å². The zero-order chi connectivity index (χ0) is 12.1. The molecular weight excluding hydrogens is 210 g/mol. The number of hydrogen-bond donors (Lipinski definition) is 1. The van der Waals surface area contributed by atoms with Gasteiger partial charge in [-0.05, 0) is 58.8 Å². The SMILES string of the molecule is CCNC1CCC(N(C)CCN2CCCC2)C1. The highest BCUT2D eigenvalue weighted by molar-refractivity contribution is 4.85. The van der Waals surface area contributed by atoms with Crippen molar-refractivity contribution in [3.8, 4) is 0 Å². The van der Waals surface area contributed by atoms with Crippen LogP contribution in [0.15, 0.2) is 0 Å². The summed E-state index contributed by atoms with van der Waals surface area (Å²) in [4.78, 5) is 5.21. The first-order chi connectivity index (χ1) is 8.29. The Labute approximate surface area is 107 Å². The molecule has 1 heterocycles. The Hall–Kier alpha value is -0.120. The van der Waals surface area contributed by atoms with Crippen LogP contribution in [0.2, 0.25) is 0 Å². The maximum absolute atomic E-state index is 3.59. The largest absolute Gasteiger partial charge is 0.314 e. The topological polar surface area (TPSA) is 18.5 Å². The lowest BCUT2D eigenvalue weighted by molar-refractivity contribution is 0.205. The monoisotopic (exact) mass is 239 g/mol. The first-order valence-corrected chi connectivity index (χ1v) is 7.45. The van der Waals surface area contributed by atoms with Gasteiger partial charge in [0.05, 0.1) is 0 Å². The van der Waals surface area contributed by atoms with Gasteiger partial charge in [0.15, 0.2) is 0 Å². The van der Waals surface area contributed by atoms with E-state index in [1.165, 1.54) is 58.3 Å². The lowest BCUT2D eigenvalue weighted by Gasteiger charge is -2.26. The van der Waals surface area contributed by atoms with Gasteiger partial charge in [-0.3, -0.25) is 0 Å². The van der Waals surface area contributed by atoms with Gasteiger partial charge in [-0.2, -0.15) is 0 Å². The van der Waals surface area contributed by atoms with Crippen molar-refractivity contribution in [1.29, 1.82) is 0 Å². The maximum atomic E-state index is 3.59. The third kappa shape index (κ3) is 3.94. The van der Waals surface area contributed by atoms with Crippen LogP contribution in [0, 0.1) is 0 Å². The molecule has 3 heteroatoms. The summed E-state index contributed by atoms with van der Waals surface area (Å²) in [5, 5.41) is 3.59. The molecule has 3 nitrogen and oxygen atoms in total. The second-order valence-corrected chi connectivity index (χ2v) is 5.75. The Balaban J connectivity index is 1.64. The van der Waals surface area contributed by atoms with Gasteiger partial charge in [-0.25, -0.2) is 0 Å². The van der Waals surface area contributed by atoms with E-state index in [2.05, 4.69) is 29.1 Å². The van der Waals surface area contributed by atoms with E-state index in [-0.39, 0.29) is 0 Å². The van der Waals surface area contributed by atoms with Crippen LogP contribution in [-0.2, 0) is 0 Å². The van der Waals surface area contributed by atoms with Gasteiger partial charge in [-0.1, -0.05) is 6.92 Å². The molecule has 2 fully saturated rings. The van der Waals surface area contributed by atoms with E-state index >= 15 is 0 Å². The smallest absolute Gasteiger partial charge is 0.0109 e. The van der Waals surface area contributed by atoms with E-state index in [4.69, 9.17) is 0 Å². The van der Waals surface area contributed by atoms with Crippen LogP contribution in [0.3, 0.4) is 0 Å². The van der Waals surface area contributed by atoms with Crippen molar-refractivity contribution in [2.24, 2.45) is 0 Å².